The highest BCUT2D eigenvalue weighted by molar-refractivity contribution is 5.11. The molecule has 4 unspecified atom stereocenters. The van der Waals surface area contributed by atoms with Crippen LogP contribution in [0, 0.1) is 17.8 Å². The van der Waals surface area contributed by atoms with Crippen LogP contribution in [0.1, 0.15) is 57.6 Å². The first-order valence-electron chi connectivity index (χ1n) is 6.96. The van der Waals surface area contributed by atoms with Crippen molar-refractivity contribution in [1.29, 1.82) is 0 Å². The average molecular weight is 235 g/mol. The van der Waals surface area contributed by atoms with Crippen molar-refractivity contribution in [3.8, 4) is 0 Å². The zero-order valence-electron chi connectivity index (χ0n) is 11.3. The van der Waals surface area contributed by atoms with Crippen LogP contribution in [0.5, 0.6) is 0 Å². The Hall–Kier alpha value is -0.760. The van der Waals surface area contributed by atoms with Crippen molar-refractivity contribution in [3.05, 3.63) is 23.7 Å². The average Bonchev–Trinajstić information content (AvgIpc) is 2.80. The standard InChI is InChI=1S/C15H25NO/c1-4-13-7-8-14(17-13)15(16)12-6-5-10(2)11(3)9-12/h7-8,10-12,15H,4-6,9,16H2,1-3H3. The molecule has 0 aliphatic heterocycles. The van der Waals surface area contributed by atoms with Gasteiger partial charge in [-0.2, -0.15) is 0 Å². The van der Waals surface area contributed by atoms with E-state index in [2.05, 4.69) is 32.9 Å². The Bertz CT molecular complexity index is 358. The molecule has 0 amide bonds. The number of hydrogen-bond acceptors (Lipinski definition) is 2. The molecule has 1 aliphatic rings. The summed E-state index contributed by atoms with van der Waals surface area (Å²) in [7, 11) is 0. The van der Waals surface area contributed by atoms with Crippen molar-refractivity contribution in [2.24, 2.45) is 23.5 Å². The van der Waals surface area contributed by atoms with Gasteiger partial charge in [-0.1, -0.05) is 27.2 Å². The van der Waals surface area contributed by atoms with Gasteiger partial charge in [-0.25, -0.2) is 0 Å². The van der Waals surface area contributed by atoms with E-state index in [1.54, 1.807) is 0 Å². The number of rotatable bonds is 3. The lowest BCUT2D eigenvalue weighted by Gasteiger charge is -2.34. The predicted octanol–water partition coefficient (Wildman–Crippen LogP) is 3.91. The van der Waals surface area contributed by atoms with Gasteiger partial charge >= 0.3 is 0 Å². The fourth-order valence-corrected chi connectivity index (χ4v) is 2.91. The lowest BCUT2D eigenvalue weighted by molar-refractivity contribution is 0.176. The topological polar surface area (TPSA) is 39.2 Å². The summed E-state index contributed by atoms with van der Waals surface area (Å²) >= 11 is 0. The van der Waals surface area contributed by atoms with Gasteiger partial charge in [0, 0.05) is 6.42 Å². The highest BCUT2D eigenvalue weighted by atomic mass is 16.3. The molecule has 2 nitrogen and oxygen atoms in total. The van der Waals surface area contributed by atoms with Crippen LogP contribution in [0.25, 0.3) is 0 Å². The van der Waals surface area contributed by atoms with Crippen molar-refractivity contribution < 1.29 is 4.42 Å². The zero-order valence-corrected chi connectivity index (χ0v) is 11.3. The highest BCUT2D eigenvalue weighted by Crippen LogP contribution is 2.39. The van der Waals surface area contributed by atoms with E-state index in [0.717, 1.165) is 29.8 Å². The van der Waals surface area contributed by atoms with Crippen LogP contribution in [0.3, 0.4) is 0 Å². The Morgan fingerprint density at radius 3 is 2.65 bits per heavy atom. The minimum absolute atomic E-state index is 0.0882. The minimum Gasteiger partial charge on any atom is -0.464 e. The summed E-state index contributed by atoms with van der Waals surface area (Å²) in [5.74, 6) is 4.26. The molecule has 0 spiro atoms. The van der Waals surface area contributed by atoms with Crippen molar-refractivity contribution in [2.45, 2.75) is 52.5 Å². The molecule has 17 heavy (non-hydrogen) atoms. The van der Waals surface area contributed by atoms with Crippen LogP contribution < -0.4 is 5.73 Å². The Morgan fingerprint density at radius 1 is 1.29 bits per heavy atom. The molecule has 4 atom stereocenters. The van der Waals surface area contributed by atoms with Gasteiger partial charge in [0.2, 0.25) is 0 Å². The molecule has 0 bridgehead atoms. The van der Waals surface area contributed by atoms with Gasteiger partial charge in [0.25, 0.3) is 0 Å². The van der Waals surface area contributed by atoms with E-state index < -0.39 is 0 Å². The third kappa shape index (κ3) is 2.74. The number of furan rings is 1. The molecule has 96 valence electrons. The van der Waals surface area contributed by atoms with E-state index in [9.17, 15) is 0 Å². The van der Waals surface area contributed by atoms with Crippen LogP contribution in [0.2, 0.25) is 0 Å². The van der Waals surface area contributed by atoms with Crippen molar-refractivity contribution >= 4 is 0 Å². The van der Waals surface area contributed by atoms with Crippen LogP contribution in [0.15, 0.2) is 16.5 Å². The second-order valence-electron chi connectivity index (χ2n) is 5.71. The summed E-state index contributed by atoms with van der Waals surface area (Å²) in [6.07, 6.45) is 4.74. The number of aryl methyl sites for hydroxylation is 1. The molecule has 1 saturated carbocycles. The molecule has 1 fully saturated rings. The van der Waals surface area contributed by atoms with E-state index >= 15 is 0 Å². The molecular weight excluding hydrogens is 210 g/mol. The summed E-state index contributed by atoms with van der Waals surface area (Å²) in [6.45, 7) is 6.82. The minimum atomic E-state index is 0.0882. The molecule has 1 aromatic rings. The highest BCUT2D eigenvalue weighted by Gasteiger charge is 2.30. The molecule has 0 aromatic carbocycles. The van der Waals surface area contributed by atoms with Gasteiger partial charge in [-0.15, -0.1) is 0 Å². The second-order valence-corrected chi connectivity index (χ2v) is 5.71. The molecule has 2 N–H and O–H groups in total. The van der Waals surface area contributed by atoms with Crippen LogP contribution >= 0.6 is 0 Å². The van der Waals surface area contributed by atoms with E-state index in [0.29, 0.717) is 5.92 Å². The van der Waals surface area contributed by atoms with Crippen molar-refractivity contribution in [2.75, 3.05) is 0 Å². The van der Waals surface area contributed by atoms with Gasteiger partial charge < -0.3 is 10.2 Å². The Labute approximate surface area is 105 Å². The first-order valence-corrected chi connectivity index (χ1v) is 6.96. The molecule has 1 aliphatic carbocycles. The van der Waals surface area contributed by atoms with E-state index in [1.807, 2.05) is 0 Å². The van der Waals surface area contributed by atoms with E-state index in [-0.39, 0.29) is 6.04 Å². The van der Waals surface area contributed by atoms with Gasteiger partial charge in [0.15, 0.2) is 0 Å². The van der Waals surface area contributed by atoms with Gasteiger partial charge in [0.05, 0.1) is 6.04 Å². The maximum atomic E-state index is 6.35. The summed E-state index contributed by atoms with van der Waals surface area (Å²) in [5.41, 5.74) is 6.35. The Morgan fingerprint density at radius 2 is 2.06 bits per heavy atom. The lowest BCUT2D eigenvalue weighted by atomic mass is 9.73. The lowest BCUT2D eigenvalue weighted by Crippen LogP contribution is -2.29. The summed E-state index contributed by atoms with van der Waals surface area (Å²) in [4.78, 5) is 0. The molecule has 0 radical (unpaired) electrons. The third-order valence-electron chi connectivity index (χ3n) is 4.51. The van der Waals surface area contributed by atoms with Crippen LogP contribution in [-0.4, -0.2) is 0 Å². The van der Waals surface area contributed by atoms with Crippen molar-refractivity contribution in [1.82, 2.24) is 0 Å². The zero-order chi connectivity index (χ0) is 12.4. The maximum absolute atomic E-state index is 6.35. The monoisotopic (exact) mass is 235 g/mol. The molecular formula is C15H25NO. The van der Waals surface area contributed by atoms with Gasteiger partial charge in [0.1, 0.15) is 11.5 Å². The van der Waals surface area contributed by atoms with E-state index in [1.165, 1.54) is 19.3 Å². The predicted molar refractivity (Wildman–Crippen MR) is 70.7 cm³/mol. The fourth-order valence-electron chi connectivity index (χ4n) is 2.91. The summed E-state index contributed by atoms with van der Waals surface area (Å²) in [6, 6.07) is 4.21. The van der Waals surface area contributed by atoms with Gasteiger partial charge in [-0.3, -0.25) is 0 Å². The first kappa shape index (κ1) is 12.7. The molecule has 0 saturated heterocycles. The normalized spacial score (nSPS) is 31.4. The van der Waals surface area contributed by atoms with E-state index in [4.69, 9.17) is 10.2 Å². The quantitative estimate of drug-likeness (QED) is 0.862. The fraction of sp³-hybridized carbons (Fsp3) is 0.733. The second kappa shape index (κ2) is 5.26. The number of hydrogen-bond donors (Lipinski definition) is 1. The smallest absolute Gasteiger partial charge is 0.121 e. The largest absolute Gasteiger partial charge is 0.464 e. The Balaban J connectivity index is 2.02. The van der Waals surface area contributed by atoms with Gasteiger partial charge in [-0.05, 0) is 42.7 Å². The third-order valence-corrected chi connectivity index (χ3v) is 4.51. The summed E-state index contributed by atoms with van der Waals surface area (Å²) in [5, 5.41) is 0. The molecule has 2 rings (SSSR count). The van der Waals surface area contributed by atoms with Crippen LogP contribution in [0.4, 0.5) is 0 Å². The summed E-state index contributed by atoms with van der Waals surface area (Å²) < 4.78 is 5.78. The maximum Gasteiger partial charge on any atom is 0.121 e. The number of nitrogens with two attached hydrogens (primary N) is 1. The molecule has 1 aromatic heterocycles. The van der Waals surface area contributed by atoms with Crippen molar-refractivity contribution in [3.63, 3.8) is 0 Å². The molecule has 1 heterocycles. The SMILES string of the molecule is CCc1ccc(C(N)C2CCC(C)C(C)C2)o1. The Kier molecular flexibility index (Phi) is 3.93. The first-order chi connectivity index (χ1) is 8.11. The van der Waals surface area contributed by atoms with Crippen LogP contribution in [-0.2, 0) is 6.42 Å². The molecule has 2 heteroatoms.